The molecule has 1 aliphatic rings. The molecule has 0 saturated carbocycles. The first-order chi connectivity index (χ1) is 12.7. The van der Waals surface area contributed by atoms with Crippen molar-refractivity contribution in [2.24, 2.45) is 4.99 Å². The number of aliphatic imine (C=N–C) groups is 1. The highest BCUT2D eigenvalue weighted by molar-refractivity contribution is 5.79. The molecule has 0 spiro atoms. The third-order valence-corrected chi connectivity index (χ3v) is 4.84. The molecule has 1 unspecified atom stereocenters. The van der Waals surface area contributed by atoms with E-state index in [0.29, 0.717) is 6.04 Å². The van der Waals surface area contributed by atoms with E-state index in [2.05, 4.69) is 64.9 Å². The fraction of sp³-hybridized carbons (Fsp3) is 0.571. The minimum Gasteiger partial charge on any atom is -0.379 e. The van der Waals surface area contributed by atoms with Gasteiger partial charge >= 0.3 is 0 Å². The van der Waals surface area contributed by atoms with Crippen molar-refractivity contribution < 1.29 is 4.74 Å². The largest absolute Gasteiger partial charge is 0.379 e. The van der Waals surface area contributed by atoms with Crippen molar-refractivity contribution >= 4 is 5.96 Å². The van der Waals surface area contributed by atoms with Crippen LogP contribution in [-0.2, 0) is 4.74 Å². The number of guanidine groups is 1. The van der Waals surface area contributed by atoms with Gasteiger partial charge in [0.25, 0.3) is 0 Å². The highest BCUT2D eigenvalue weighted by Gasteiger charge is 2.23. The van der Waals surface area contributed by atoms with Crippen LogP contribution in [0.4, 0.5) is 0 Å². The molecule has 1 aliphatic heterocycles. The normalized spacial score (nSPS) is 17.0. The monoisotopic (exact) mass is 358 g/mol. The molecule has 5 nitrogen and oxygen atoms in total. The van der Waals surface area contributed by atoms with Crippen LogP contribution >= 0.6 is 0 Å². The molecular weight excluding hydrogens is 324 g/mol. The van der Waals surface area contributed by atoms with E-state index in [9.17, 15) is 0 Å². The van der Waals surface area contributed by atoms with Gasteiger partial charge in [0, 0.05) is 40.3 Å². The molecule has 0 aliphatic carbocycles. The van der Waals surface area contributed by atoms with Crippen LogP contribution < -0.4 is 5.32 Å². The van der Waals surface area contributed by atoms with Gasteiger partial charge in [-0.25, -0.2) is 0 Å². The summed E-state index contributed by atoms with van der Waals surface area (Å²) in [5, 5.41) is 3.58. The van der Waals surface area contributed by atoms with E-state index in [1.807, 2.05) is 13.1 Å². The van der Waals surface area contributed by atoms with E-state index in [1.165, 1.54) is 11.1 Å². The standard InChI is InChI=1S/C21H34N4O/c1-5-6-7-11-24(4)21(22-3)23-17-20(25-12-14-26-15-13-25)19-10-8-9-18(2)16-19/h5,8-10,16,20H,1,6-7,11-15,17H2,2-4H3,(H,22,23). The maximum Gasteiger partial charge on any atom is 0.193 e. The third-order valence-electron chi connectivity index (χ3n) is 4.84. The van der Waals surface area contributed by atoms with Crippen molar-refractivity contribution in [3.8, 4) is 0 Å². The Morgan fingerprint density at radius 1 is 1.42 bits per heavy atom. The van der Waals surface area contributed by atoms with Crippen LogP contribution in [0.5, 0.6) is 0 Å². The fourth-order valence-corrected chi connectivity index (χ4v) is 3.38. The molecule has 26 heavy (non-hydrogen) atoms. The van der Waals surface area contributed by atoms with Crippen LogP contribution in [0.15, 0.2) is 41.9 Å². The molecule has 1 heterocycles. The zero-order valence-corrected chi connectivity index (χ0v) is 16.6. The summed E-state index contributed by atoms with van der Waals surface area (Å²) in [5.41, 5.74) is 2.65. The van der Waals surface area contributed by atoms with Gasteiger partial charge < -0.3 is 15.0 Å². The first-order valence-electron chi connectivity index (χ1n) is 9.56. The third kappa shape index (κ3) is 6.15. The molecule has 0 aromatic heterocycles. The van der Waals surface area contributed by atoms with Crippen molar-refractivity contribution in [1.29, 1.82) is 0 Å². The van der Waals surface area contributed by atoms with Crippen molar-refractivity contribution in [2.75, 3.05) is 53.5 Å². The predicted octanol–water partition coefficient (Wildman–Crippen LogP) is 2.84. The number of morpholine rings is 1. The summed E-state index contributed by atoms with van der Waals surface area (Å²) in [4.78, 5) is 9.16. The number of benzene rings is 1. The molecule has 5 heteroatoms. The number of ether oxygens (including phenoxy) is 1. The highest BCUT2D eigenvalue weighted by Crippen LogP contribution is 2.22. The lowest BCUT2D eigenvalue weighted by atomic mass is 10.0. The summed E-state index contributed by atoms with van der Waals surface area (Å²) in [6, 6.07) is 9.13. The van der Waals surface area contributed by atoms with E-state index in [1.54, 1.807) is 0 Å². The second-order valence-corrected chi connectivity index (χ2v) is 6.86. The molecule has 1 N–H and O–H groups in total. The summed E-state index contributed by atoms with van der Waals surface area (Å²) < 4.78 is 5.55. The van der Waals surface area contributed by atoms with Gasteiger partial charge in [0.15, 0.2) is 5.96 Å². The summed E-state index contributed by atoms with van der Waals surface area (Å²) in [7, 11) is 3.94. The number of hydrogen-bond donors (Lipinski definition) is 1. The Morgan fingerprint density at radius 2 is 2.19 bits per heavy atom. The van der Waals surface area contributed by atoms with Crippen LogP contribution in [0.3, 0.4) is 0 Å². The van der Waals surface area contributed by atoms with Crippen LogP contribution in [-0.4, -0.2) is 69.2 Å². The van der Waals surface area contributed by atoms with Crippen LogP contribution in [0.2, 0.25) is 0 Å². The molecule has 1 aromatic carbocycles. The number of rotatable bonds is 8. The molecule has 1 fully saturated rings. The first kappa shape index (κ1) is 20.5. The second kappa shape index (κ2) is 11.0. The van der Waals surface area contributed by atoms with E-state index < -0.39 is 0 Å². The van der Waals surface area contributed by atoms with Gasteiger partial charge in [0.2, 0.25) is 0 Å². The quantitative estimate of drug-likeness (QED) is 0.336. The van der Waals surface area contributed by atoms with E-state index in [4.69, 9.17) is 4.74 Å². The number of allylic oxidation sites excluding steroid dienone is 1. The second-order valence-electron chi connectivity index (χ2n) is 6.86. The number of nitrogens with zero attached hydrogens (tertiary/aromatic N) is 3. The molecule has 0 radical (unpaired) electrons. The van der Waals surface area contributed by atoms with Gasteiger partial charge in [-0.15, -0.1) is 6.58 Å². The molecule has 0 amide bonds. The average molecular weight is 359 g/mol. The maximum absolute atomic E-state index is 5.55. The number of hydrogen-bond acceptors (Lipinski definition) is 3. The van der Waals surface area contributed by atoms with E-state index in [0.717, 1.165) is 58.2 Å². The van der Waals surface area contributed by atoms with Gasteiger partial charge in [-0.1, -0.05) is 35.9 Å². The zero-order chi connectivity index (χ0) is 18.8. The SMILES string of the molecule is C=CCCCN(C)C(=NC)NCC(c1cccc(C)c1)N1CCOCC1. The molecule has 144 valence electrons. The summed E-state index contributed by atoms with van der Waals surface area (Å²) >= 11 is 0. The van der Waals surface area contributed by atoms with E-state index in [-0.39, 0.29) is 0 Å². The molecular formula is C21H34N4O. The summed E-state index contributed by atoms with van der Waals surface area (Å²) in [5.74, 6) is 0.944. The molecule has 2 rings (SSSR count). The highest BCUT2D eigenvalue weighted by atomic mass is 16.5. The summed E-state index contributed by atoms with van der Waals surface area (Å²) in [6.45, 7) is 11.3. The predicted molar refractivity (Wildman–Crippen MR) is 110 cm³/mol. The summed E-state index contributed by atoms with van der Waals surface area (Å²) in [6.07, 6.45) is 4.09. The Bertz CT molecular complexity index is 581. The van der Waals surface area contributed by atoms with Gasteiger partial charge in [-0.2, -0.15) is 0 Å². The van der Waals surface area contributed by atoms with Crippen molar-refractivity contribution in [3.05, 3.63) is 48.0 Å². The number of nitrogens with one attached hydrogen (secondary N) is 1. The molecule has 1 atom stereocenters. The van der Waals surface area contributed by atoms with Gasteiger partial charge in [0.1, 0.15) is 0 Å². The zero-order valence-electron chi connectivity index (χ0n) is 16.6. The lowest BCUT2D eigenvalue weighted by molar-refractivity contribution is 0.0169. The van der Waals surface area contributed by atoms with Crippen LogP contribution in [0.25, 0.3) is 0 Å². The van der Waals surface area contributed by atoms with Crippen molar-refractivity contribution in [3.63, 3.8) is 0 Å². The Morgan fingerprint density at radius 3 is 2.85 bits per heavy atom. The van der Waals surface area contributed by atoms with E-state index >= 15 is 0 Å². The number of unbranched alkanes of at least 4 members (excludes halogenated alkanes) is 1. The maximum atomic E-state index is 5.55. The first-order valence-corrected chi connectivity index (χ1v) is 9.56. The van der Waals surface area contributed by atoms with Crippen molar-refractivity contribution in [1.82, 2.24) is 15.1 Å². The minimum atomic E-state index is 0.317. The van der Waals surface area contributed by atoms with Crippen LogP contribution in [0.1, 0.15) is 30.0 Å². The Labute approximate surface area is 158 Å². The smallest absolute Gasteiger partial charge is 0.193 e. The Balaban J connectivity index is 2.04. The topological polar surface area (TPSA) is 40.1 Å². The van der Waals surface area contributed by atoms with Gasteiger partial charge in [0.05, 0.1) is 19.3 Å². The van der Waals surface area contributed by atoms with Crippen LogP contribution in [0, 0.1) is 6.92 Å². The minimum absolute atomic E-state index is 0.317. The van der Waals surface area contributed by atoms with Gasteiger partial charge in [-0.3, -0.25) is 9.89 Å². The lowest BCUT2D eigenvalue weighted by Crippen LogP contribution is -2.46. The van der Waals surface area contributed by atoms with Crippen molar-refractivity contribution in [2.45, 2.75) is 25.8 Å². The lowest BCUT2D eigenvalue weighted by Gasteiger charge is -2.36. The molecule has 0 bridgehead atoms. The Kier molecular flexibility index (Phi) is 8.65. The Hall–Kier alpha value is -1.85. The molecule has 1 saturated heterocycles. The fourth-order valence-electron chi connectivity index (χ4n) is 3.38. The molecule has 1 aromatic rings. The van der Waals surface area contributed by atoms with Gasteiger partial charge in [-0.05, 0) is 25.3 Å². The number of aryl methyl sites for hydroxylation is 1. The average Bonchev–Trinajstić information content (AvgIpc) is 2.66.